The van der Waals surface area contributed by atoms with Gasteiger partial charge in [0.05, 0.1) is 6.61 Å². The normalized spacial score (nSPS) is 9.69. The molecule has 0 radical (unpaired) electrons. The van der Waals surface area contributed by atoms with Gasteiger partial charge in [0.2, 0.25) is 0 Å². The first kappa shape index (κ1) is 9.64. The Bertz CT molecular complexity index is 299. The van der Waals surface area contributed by atoms with Crippen molar-refractivity contribution in [2.45, 2.75) is 20.3 Å². The summed E-state index contributed by atoms with van der Waals surface area (Å²) in [6.07, 6.45) is 2.36. The number of aryl methyl sites for hydroxylation is 1. The zero-order valence-corrected chi connectivity index (χ0v) is 7.78. The third kappa shape index (κ3) is 2.82. The first-order chi connectivity index (χ1) is 6.24. The first-order valence-corrected chi connectivity index (χ1v) is 4.21. The SMILES string of the molecule is CCCOC(=O)c1ccnc(C)n1. The number of aromatic nitrogens is 2. The van der Waals surface area contributed by atoms with Crippen LogP contribution >= 0.6 is 0 Å². The van der Waals surface area contributed by atoms with E-state index < -0.39 is 0 Å². The van der Waals surface area contributed by atoms with Gasteiger partial charge in [-0.25, -0.2) is 14.8 Å². The van der Waals surface area contributed by atoms with Crippen LogP contribution in [0, 0.1) is 6.92 Å². The average Bonchev–Trinajstić information content (AvgIpc) is 2.14. The summed E-state index contributed by atoms with van der Waals surface area (Å²) < 4.78 is 4.90. The summed E-state index contributed by atoms with van der Waals surface area (Å²) in [7, 11) is 0. The molecular weight excluding hydrogens is 168 g/mol. The fourth-order valence-electron chi connectivity index (χ4n) is 0.839. The second-order valence-corrected chi connectivity index (χ2v) is 2.63. The van der Waals surface area contributed by atoms with E-state index in [1.165, 1.54) is 0 Å². The number of hydrogen-bond donors (Lipinski definition) is 0. The number of esters is 1. The van der Waals surface area contributed by atoms with Crippen LogP contribution in [0.5, 0.6) is 0 Å². The highest BCUT2D eigenvalue weighted by atomic mass is 16.5. The van der Waals surface area contributed by atoms with Crippen LogP contribution in [0.15, 0.2) is 12.3 Å². The third-order valence-electron chi connectivity index (χ3n) is 1.42. The lowest BCUT2D eigenvalue weighted by Crippen LogP contribution is -2.09. The molecule has 0 unspecified atom stereocenters. The molecule has 0 atom stereocenters. The van der Waals surface area contributed by atoms with Gasteiger partial charge in [-0.3, -0.25) is 0 Å². The van der Waals surface area contributed by atoms with E-state index in [2.05, 4.69) is 9.97 Å². The van der Waals surface area contributed by atoms with Gasteiger partial charge in [-0.15, -0.1) is 0 Å². The van der Waals surface area contributed by atoms with Crippen LogP contribution in [0.25, 0.3) is 0 Å². The van der Waals surface area contributed by atoms with Crippen molar-refractivity contribution < 1.29 is 9.53 Å². The molecule has 0 saturated carbocycles. The van der Waals surface area contributed by atoms with Crippen molar-refractivity contribution in [1.82, 2.24) is 9.97 Å². The molecule has 0 aromatic carbocycles. The Labute approximate surface area is 77.0 Å². The molecule has 4 nitrogen and oxygen atoms in total. The van der Waals surface area contributed by atoms with Crippen molar-refractivity contribution in [2.75, 3.05) is 6.61 Å². The second kappa shape index (κ2) is 4.54. The molecule has 0 amide bonds. The highest BCUT2D eigenvalue weighted by Crippen LogP contribution is 1.97. The fourth-order valence-corrected chi connectivity index (χ4v) is 0.839. The molecule has 0 aliphatic carbocycles. The molecule has 1 aromatic heterocycles. The Morgan fingerprint density at radius 3 is 3.00 bits per heavy atom. The molecule has 70 valence electrons. The Morgan fingerprint density at radius 2 is 2.38 bits per heavy atom. The standard InChI is InChI=1S/C9H12N2O2/c1-3-6-13-9(12)8-4-5-10-7(2)11-8/h4-5H,3,6H2,1-2H3. The highest BCUT2D eigenvalue weighted by Gasteiger charge is 2.07. The van der Waals surface area contributed by atoms with Gasteiger partial charge in [0.25, 0.3) is 0 Å². The van der Waals surface area contributed by atoms with Crippen LogP contribution in [0.3, 0.4) is 0 Å². The lowest BCUT2D eigenvalue weighted by molar-refractivity contribution is 0.0497. The maximum Gasteiger partial charge on any atom is 0.357 e. The van der Waals surface area contributed by atoms with E-state index in [1.807, 2.05) is 6.92 Å². The van der Waals surface area contributed by atoms with Crippen molar-refractivity contribution >= 4 is 5.97 Å². The topological polar surface area (TPSA) is 52.1 Å². The fraction of sp³-hybridized carbons (Fsp3) is 0.444. The molecule has 1 heterocycles. The van der Waals surface area contributed by atoms with Crippen molar-refractivity contribution in [3.05, 3.63) is 23.8 Å². The van der Waals surface area contributed by atoms with E-state index in [1.54, 1.807) is 19.2 Å². The number of ether oxygens (including phenoxy) is 1. The summed E-state index contributed by atoms with van der Waals surface area (Å²) in [6, 6.07) is 1.55. The van der Waals surface area contributed by atoms with Gasteiger partial charge in [0, 0.05) is 6.20 Å². The first-order valence-electron chi connectivity index (χ1n) is 4.21. The molecule has 4 heteroatoms. The van der Waals surface area contributed by atoms with E-state index in [-0.39, 0.29) is 5.97 Å². The molecule has 0 bridgehead atoms. The molecule has 0 aliphatic heterocycles. The number of hydrogen-bond acceptors (Lipinski definition) is 4. The second-order valence-electron chi connectivity index (χ2n) is 2.63. The lowest BCUT2D eigenvalue weighted by atomic mass is 10.4. The van der Waals surface area contributed by atoms with E-state index >= 15 is 0 Å². The van der Waals surface area contributed by atoms with Crippen molar-refractivity contribution in [3.8, 4) is 0 Å². The van der Waals surface area contributed by atoms with Crippen LogP contribution in [0.4, 0.5) is 0 Å². The summed E-state index contributed by atoms with van der Waals surface area (Å²) in [6.45, 7) is 4.11. The summed E-state index contributed by atoms with van der Waals surface area (Å²) in [4.78, 5) is 19.1. The minimum absolute atomic E-state index is 0.320. The molecule has 1 aromatic rings. The van der Waals surface area contributed by atoms with E-state index in [0.29, 0.717) is 18.1 Å². The van der Waals surface area contributed by atoms with Crippen molar-refractivity contribution in [1.29, 1.82) is 0 Å². The van der Waals surface area contributed by atoms with E-state index in [4.69, 9.17) is 4.74 Å². The maximum atomic E-state index is 11.2. The predicted molar refractivity (Wildman–Crippen MR) is 47.3 cm³/mol. The zero-order valence-electron chi connectivity index (χ0n) is 7.78. The molecule has 0 spiro atoms. The van der Waals surface area contributed by atoms with Crippen molar-refractivity contribution in [2.24, 2.45) is 0 Å². The van der Waals surface area contributed by atoms with Gasteiger partial charge in [-0.1, -0.05) is 6.92 Å². The van der Waals surface area contributed by atoms with Gasteiger partial charge in [0.1, 0.15) is 5.82 Å². The van der Waals surface area contributed by atoms with Gasteiger partial charge >= 0.3 is 5.97 Å². The third-order valence-corrected chi connectivity index (χ3v) is 1.42. The predicted octanol–water partition coefficient (Wildman–Crippen LogP) is 1.35. The largest absolute Gasteiger partial charge is 0.461 e. The Hall–Kier alpha value is -1.45. The molecule has 0 fully saturated rings. The van der Waals surface area contributed by atoms with Gasteiger partial charge < -0.3 is 4.74 Å². The Morgan fingerprint density at radius 1 is 1.62 bits per heavy atom. The Balaban J connectivity index is 2.66. The maximum absolute atomic E-state index is 11.2. The summed E-state index contributed by atoms with van der Waals surface area (Å²) >= 11 is 0. The van der Waals surface area contributed by atoms with Gasteiger partial charge in [-0.05, 0) is 19.4 Å². The summed E-state index contributed by atoms with van der Waals surface area (Å²) in [5.74, 6) is 0.193. The van der Waals surface area contributed by atoms with Crippen LogP contribution in [0.2, 0.25) is 0 Å². The average molecular weight is 180 g/mol. The molecule has 0 N–H and O–H groups in total. The molecular formula is C9H12N2O2. The minimum atomic E-state index is -0.382. The van der Waals surface area contributed by atoms with E-state index in [9.17, 15) is 4.79 Å². The lowest BCUT2D eigenvalue weighted by Gasteiger charge is -2.01. The number of rotatable bonds is 3. The Kier molecular flexibility index (Phi) is 3.37. The van der Waals surface area contributed by atoms with E-state index in [0.717, 1.165) is 6.42 Å². The van der Waals surface area contributed by atoms with Crippen molar-refractivity contribution in [3.63, 3.8) is 0 Å². The molecule has 0 saturated heterocycles. The quantitative estimate of drug-likeness (QED) is 0.659. The summed E-state index contributed by atoms with van der Waals surface area (Å²) in [5.41, 5.74) is 0.320. The van der Waals surface area contributed by atoms with Crippen LogP contribution < -0.4 is 0 Å². The minimum Gasteiger partial charge on any atom is -0.461 e. The van der Waals surface area contributed by atoms with Gasteiger partial charge in [0.15, 0.2) is 5.69 Å². The number of nitrogens with zero attached hydrogens (tertiary/aromatic N) is 2. The van der Waals surface area contributed by atoms with Gasteiger partial charge in [-0.2, -0.15) is 0 Å². The van der Waals surface area contributed by atoms with Crippen LogP contribution in [0.1, 0.15) is 29.7 Å². The summed E-state index contributed by atoms with van der Waals surface area (Å²) in [5, 5.41) is 0. The van der Waals surface area contributed by atoms with Crippen LogP contribution in [-0.4, -0.2) is 22.5 Å². The molecule has 13 heavy (non-hydrogen) atoms. The number of carbonyl (C=O) groups is 1. The number of carbonyl (C=O) groups excluding carboxylic acids is 1. The van der Waals surface area contributed by atoms with Crippen LogP contribution in [-0.2, 0) is 4.74 Å². The zero-order chi connectivity index (χ0) is 9.68. The molecule has 1 rings (SSSR count). The smallest absolute Gasteiger partial charge is 0.357 e. The monoisotopic (exact) mass is 180 g/mol. The molecule has 0 aliphatic rings. The highest BCUT2D eigenvalue weighted by molar-refractivity contribution is 5.87.